The van der Waals surface area contributed by atoms with E-state index in [2.05, 4.69) is 4.99 Å². The normalized spacial score (nSPS) is 24.6. The van der Waals surface area contributed by atoms with Crippen LogP contribution in [0.15, 0.2) is 29.3 Å². The molecule has 2 heterocycles. The summed E-state index contributed by atoms with van der Waals surface area (Å²) >= 11 is 7.42. The summed E-state index contributed by atoms with van der Waals surface area (Å²) in [6, 6.07) is 6.74. The van der Waals surface area contributed by atoms with Crippen molar-refractivity contribution in [3.63, 3.8) is 0 Å². The number of aliphatic imine (C=N–C) groups is 1. The van der Waals surface area contributed by atoms with Crippen molar-refractivity contribution < 1.29 is 13.2 Å². The fraction of sp³-hybridized carbons (Fsp3) is 0.467. The van der Waals surface area contributed by atoms with Gasteiger partial charge in [0, 0.05) is 24.8 Å². The molecule has 130 valence electrons. The van der Waals surface area contributed by atoms with Crippen LogP contribution in [0.1, 0.15) is 0 Å². The molecule has 2 aliphatic rings. The minimum absolute atomic E-state index is 0.0153. The van der Waals surface area contributed by atoms with Crippen LogP contribution in [-0.4, -0.2) is 67.8 Å². The van der Waals surface area contributed by atoms with Gasteiger partial charge in [-0.25, -0.2) is 8.42 Å². The molecule has 0 N–H and O–H groups in total. The Morgan fingerprint density at radius 1 is 1.42 bits per heavy atom. The summed E-state index contributed by atoms with van der Waals surface area (Å²) in [6.07, 6.45) is 0. The predicted octanol–water partition coefficient (Wildman–Crippen LogP) is 1.50. The molecule has 1 fully saturated rings. The SMILES string of the molecule is CN(C)C(=O)CSC1=NC2CS(=O)(=O)CC2N1c1cccc(Cl)c1. The first-order valence-corrected chi connectivity index (χ1v) is 10.6. The maximum Gasteiger partial charge on any atom is 0.232 e. The fourth-order valence-corrected chi connectivity index (χ4v) is 5.95. The lowest BCUT2D eigenvalue weighted by molar-refractivity contribution is -0.125. The summed E-state index contributed by atoms with van der Waals surface area (Å²) in [5.41, 5.74) is 0.802. The van der Waals surface area contributed by atoms with Gasteiger partial charge in [0.2, 0.25) is 5.91 Å². The molecule has 1 aromatic rings. The quantitative estimate of drug-likeness (QED) is 0.786. The standard InChI is InChI=1S/C15H18ClN3O3S2/c1-18(2)14(20)7-23-15-17-12-8-24(21,22)9-13(12)19(15)11-5-3-4-10(16)6-11/h3-6,12-13H,7-9H2,1-2H3. The van der Waals surface area contributed by atoms with E-state index < -0.39 is 9.84 Å². The lowest BCUT2D eigenvalue weighted by atomic mass is 10.1. The first-order valence-electron chi connectivity index (χ1n) is 7.43. The maximum absolute atomic E-state index is 12.0. The van der Waals surface area contributed by atoms with Crippen LogP contribution in [-0.2, 0) is 14.6 Å². The minimum Gasteiger partial charge on any atom is -0.348 e. The van der Waals surface area contributed by atoms with Crippen molar-refractivity contribution in [2.45, 2.75) is 12.1 Å². The smallest absolute Gasteiger partial charge is 0.232 e. The molecule has 0 aromatic heterocycles. The number of carbonyl (C=O) groups is 1. The topological polar surface area (TPSA) is 70.0 Å². The van der Waals surface area contributed by atoms with E-state index >= 15 is 0 Å². The number of benzene rings is 1. The molecule has 3 rings (SSSR count). The van der Waals surface area contributed by atoms with Crippen LogP contribution >= 0.6 is 23.4 Å². The molecule has 9 heteroatoms. The first-order chi connectivity index (χ1) is 11.3. The molecule has 1 amide bonds. The third-order valence-electron chi connectivity index (χ3n) is 4.02. The van der Waals surface area contributed by atoms with Gasteiger partial charge >= 0.3 is 0 Å². The number of halogens is 1. The molecule has 1 saturated heterocycles. The van der Waals surface area contributed by atoms with Crippen molar-refractivity contribution in [1.82, 2.24) is 4.90 Å². The second-order valence-corrected chi connectivity index (χ2v) is 9.58. The average molecular weight is 388 g/mol. The molecule has 1 aromatic carbocycles. The van der Waals surface area contributed by atoms with Gasteiger partial charge in [-0.1, -0.05) is 29.4 Å². The molecule has 2 unspecified atom stereocenters. The Bertz CT molecular complexity index is 795. The Hall–Kier alpha value is -1.25. The third kappa shape index (κ3) is 3.55. The van der Waals surface area contributed by atoms with Gasteiger partial charge in [-0.2, -0.15) is 0 Å². The summed E-state index contributed by atoms with van der Waals surface area (Å²) < 4.78 is 23.9. The van der Waals surface area contributed by atoms with Crippen LogP contribution in [0.5, 0.6) is 0 Å². The fourth-order valence-electron chi connectivity index (χ4n) is 2.82. The Balaban J connectivity index is 1.89. The van der Waals surface area contributed by atoms with E-state index in [1.807, 2.05) is 17.0 Å². The Kier molecular flexibility index (Phi) is 4.81. The van der Waals surface area contributed by atoms with Crippen LogP contribution in [0.2, 0.25) is 5.02 Å². The van der Waals surface area contributed by atoms with Crippen molar-refractivity contribution in [2.75, 3.05) is 36.3 Å². The van der Waals surface area contributed by atoms with Gasteiger partial charge in [0.25, 0.3) is 0 Å². The zero-order chi connectivity index (χ0) is 17.5. The zero-order valence-corrected chi connectivity index (χ0v) is 15.7. The van der Waals surface area contributed by atoms with Gasteiger partial charge in [-0.05, 0) is 18.2 Å². The lowest BCUT2D eigenvalue weighted by Crippen LogP contribution is -2.39. The number of rotatable bonds is 3. The van der Waals surface area contributed by atoms with Gasteiger partial charge in [-0.15, -0.1) is 0 Å². The number of carbonyl (C=O) groups excluding carboxylic acids is 1. The molecular weight excluding hydrogens is 370 g/mol. The van der Waals surface area contributed by atoms with Crippen molar-refractivity contribution in [2.24, 2.45) is 4.99 Å². The summed E-state index contributed by atoms with van der Waals surface area (Å²) in [7, 11) is 0.317. The number of amides is 1. The van der Waals surface area contributed by atoms with Gasteiger partial charge in [0.05, 0.1) is 29.3 Å². The molecule has 0 radical (unpaired) electrons. The molecular formula is C15H18ClN3O3S2. The molecule has 0 aliphatic carbocycles. The third-order valence-corrected chi connectivity index (χ3v) is 6.90. The van der Waals surface area contributed by atoms with E-state index in [9.17, 15) is 13.2 Å². The number of thioether (sulfide) groups is 1. The Morgan fingerprint density at radius 3 is 2.83 bits per heavy atom. The second kappa shape index (κ2) is 6.57. The summed E-state index contributed by atoms with van der Waals surface area (Å²) in [4.78, 5) is 19.9. The Labute approximate surface area is 150 Å². The Morgan fingerprint density at radius 2 is 2.17 bits per heavy atom. The summed E-state index contributed by atoms with van der Waals surface area (Å²) in [5.74, 6) is 0.368. The highest BCUT2D eigenvalue weighted by Crippen LogP contribution is 2.35. The van der Waals surface area contributed by atoms with E-state index in [0.717, 1.165) is 5.69 Å². The highest BCUT2D eigenvalue weighted by Gasteiger charge is 2.47. The number of hydrogen-bond acceptors (Lipinski definition) is 6. The van der Waals surface area contributed by atoms with Crippen LogP contribution in [0.3, 0.4) is 0 Å². The highest BCUT2D eigenvalue weighted by atomic mass is 35.5. The molecule has 2 aliphatic heterocycles. The second-order valence-electron chi connectivity index (χ2n) is 6.05. The van der Waals surface area contributed by atoms with Crippen LogP contribution in [0, 0.1) is 0 Å². The van der Waals surface area contributed by atoms with Gasteiger partial charge in [0.15, 0.2) is 15.0 Å². The summed E-state index contributed by atoms with van der Waals surface area (Å²) in [5, 5.41) is 1.25. The number of nitrogens with zero attached hydrogens (tertiary/aromatic N) is 3. The molecule has 24 heavy (non-hydrogen) atoms. The minimum atomic E-state index is -3.09. The van der Waals surface area contributed by atoms with Crippen molar-refractivity contribution in [1.29, 1.82) is 0 Å². The number of amidine groups is 1. The van der Waals surface area contributed by atoms with Crippen molar-refractivity contribution >= 4 is 50.0 Å². The molecule has 0 saturated carbocycles. The largest absolute Gasteiger partial charge is 0.348 e. The zero-order valence-electron chi connectivity index (χ0n) is 13.3. The molecule has 0 bridgehead atoms. The number of fused-ring (bicyclic) bond motifs is 1. The van der Waals surface area contributed by atoms with Crippen molar-refractivity contribution in [3.8, 4) is 0 Å². The van der Waals surface area contributed by atoms with E-state index in [-0.39, 0.29) is 35.2 Å². The van der Waals surface area contributed by atoms with E-state index in [4.69, 9.17) is 11.6 Å². The lowest BCUT2D eigenvalue weighted by Gasteiger charge is -2.26. The number of hydrogen-bond donors (Lipinski definition) is 0. The number of anilines is 1. The van der Waals surface area contributed by atoms with Gasteiger partial charge in [-0.3, -0.25) is 9.79 Å². The monoisotopic (exact) mass is 387 g/mol. The molecule has 6 nitrogen and oxygen atoms in total. The molecule has 0 spiro atoms. The van der Waals surface area contributed by atoms with Gasteiger partial charge < -0.3 is 9.80 Å². The van der Waals surface area contributed by atoms with E-state index in [0.29, 0.717) is 10.2 Å². The molecule has 2 atom stereocenters. The van der Waals surface area contributed by atoms with Gasteiger partial charge in [0.1, 0.15) is 0 Å². The highest BCUT2D eigenvalue weighted by molar-refractivity contribution is 8.14. The van der Waals surface area contributed by atoms with E-state index in [1.54, 1.807) is 26.2 Å². The number of sulfone groups is 1. The maximum atomic E-state index is 12.0. The van der Waals surface area contributed by atoms with Crippen LogP contribution < -0.4 is 4.90 Å². The van der Waals surface area contributed by atoms with Crippen LogP contribution in [0.4, 0.5) is 5.69 Å². The predicted molar refractivity (Wildman–Crippen MR) is 98.7 cm³/mol. The summed E-state index contributed by atoms with van der Waals surface area (Å²) in [6.45, 7) is 0. The van der Waals surface area contributed by atoms with Crippen molar-refractivity contribution in [3.05, 3.63) is 29.3 Å². The average Bonchev–Trinajstić information content (AvgIpc) is 2.95. The first kappa shape index (κ1) is 17.6. The van der Waals surface area contributed by atoms with Crippen LogP contribution in [0.25, 0.3) is 0 Å². The van der Waals surface area contributed by atoms with E-state index in [1.165, 1.54) is 16.7 Å².